The smallest absolute Gasteiger partial charge is 0.315 e. The van der Waals surface area contributed by atoms with Gasteiger partial charge in [0.1, 0.15) is 5.92 Å². The molecular formula is C20H22F2N4O2. The summed E-state index contributed by atoms with van der Waals surface area (Å²) < 4.78 is 33.9. The van der Waals surface area contributed by atoms with Crippen LogP contribution in [0.15, 0.2) is 34.7 Å². The van der Waals surface area contributed by atoms with Crippen molar-refractivity contribution in [3.63, 3.8) is 0 Å². The number of benzene rings is 1. The molecule has 0 bridgehead atoms. The van der Waals surface area contributed by atoms with Gasteiger partial charge in [0.25, 0.3) is 5.92 Å². The number of carbonyl (C=O) groups is 1. The average molecular weight is 388 g/mol. The number of anilines is 1. The number of hydrogen-bond acceptors (Lipinski definition) is 5. The standard InChI is InChI=1S/C20H22F2N4O2/c21-20(22)15(13-4-2-1-3-5-13)16(20)17-24-25-18(28-17)23-12-14(27)26-10-8-19(6-7-19)9-11-26/h1-5,15-16H,6-12H2,(H,23,25)/t15?,16-/m0/s1. The molecule has 2 heterocycles. The number of likely N-dealkylation sites (tertiary alicyclic amines) is 1. The van der Waals surface area contributed by atoms with Gasteiger partial charge in [0.2, 0.25) is 11.8 Å². The quantitative estimate of drug-likeness (QED) is 0.850. The van der Waals surface area contributed by atoms with Crippen molar-refractivity contribution in [3.8, 4) is 0 Å². The first-order valence-corrected chi connectivity index (χ1v) is 9.76. The first kappa shape index (κ1) is 17.6. The lowest BCUT2D eigenvalue weighted by molar-refractivity contribution is -0.130. The van der Waals surface area contributed by atoms with Crippen molar-refractivity contribution in [1.29, 1.82) is 0 Å². The Bertz CT molecular complexity index is 871. The summed E-state index contributed by atoms with van der Waals surface area (Å²) in [5.74, 6) is -5.11. The van der Waals surface area contributed by atoms with Gasteiger partial charge in [-0.05, 0) is 36.7 Å². The third-order valence-electron chi connectivity index (χ3n) is 6.44. The summed E-state index contributed by atoms with van der Waals surface area (Å²) in [6, 6.07) is 8.62. The van der Waals surface area contributed by atoms with Crippen LogP contribution in [0.5, 0.6) is 0 Å². The van der Waals surface area contributed by atoms with Gasteiger partial charge >= 0.3 is 6.01 Å². The second kappa shape index (κ2) is 6.25. The average Bonchev–Trinajstić information content (AvgIpc) is 3.50. The SMILES string of the molecule is O=C(CNc1nnc([C@@H]2C(c3ccccc3)C2(F)F)o1)N1CCC2(CC1)CC2. The summed E-state index contributed by atoms with van der Waals surface area (Å²) in [5.41, 5.74) is 1.06. The number of carbonyl (C=O) groups excluding carboxylic acids is 1. The van der Waals surface area contributed by atoms with E-state index in [9.17, 15) is 13.6 Å². The monoisotopic (exact) mass is 388 g/mol. The van der Waals surface area contributed by atoms with Crippen LogP contribution in [0.1, 0.15) is 49.0 Å². The van der Waals surface area contributed by atoms with Gasteiger partial charge < -0.3 is 14.6 Å². The van der Waals surface area contributed by atoms with Gasteiger partial charge in [-0.25, -0.2) is 8.78 Å². The van der Waals surface area contributed by atoms with Crippen LogP contribution in [0, 0.1) is 5.41 Å². The van der Waals surface area contributed by atoms with Crippen LogP contribution in [0.4, 0.5) is 14.8 Å². The number of amides is 1. The summed E-state index contributed by atoms with van der Waals surface area (Å²) in [4.78, 5) is 14.2. The van der Waals surface area contributed by atoms with Crippen LogP contribution in [0.25, 0.3) is 0 Å². The zero-order valence-corrected chi connectivity index (χ0v) is 15.4. The van der Waals surface area contributed by atoms with E-state index in [1.54, 1.807) is 30.3 Å². The van der Waals surface area contributed by atoms with Crippen molar-refractivity contribution < 1.29 is 18.0 Å². The molecule has 2 atom stereocenters. The topological polar surface area (TPSA) is 71.3 Å². The summed E-state index contributed by atoms with van der Waals surface area (Å²) in [5, 5.41) is 10.4. The Hall–Kier alpha value is -2.51. The van der Waals surface area contributed by atoms with E-state index in [4.69, 9.17) is 4.42 Å². The van der Waals surface area contributed by atoms with Crippen LogP contribution in [-0.4, -0.2) is 46.6 Å². The maximum atomic E-state index is 14.3. The minimum atomic E-state index is -2.91. The van der Waals surface area contributed by atoms with Gasteiger partial charge in [-0.15, -0.1) is 5.10 Å². The fourth-order valence-corrected chi connectivity index (χ4v) is 4.31. The molecular weight excluding hydrogens is 366 g/mol. The molecule has 2 aliphatic carbocycles. The van der Waals surface area contributed by atoms with Crippen molar-refractivity contribution in [3.05, 3.63) is 41.8 Å². The largest absolute Gasteiger partial charge is 0.408 e. The van der Waals surface area contributed by atoms with E-state index < -0.39 is 17.8 Å². The third kappa shape index (κ3) is 3.04. The zero-order chi connectivity index (χ0) is 19.4. The van der Waals surface area contributed by atoms with Gasteiger partial charge in [-0.1, -0.05) is 35.4 Å². The summed E-state index contributed by atoms with van der Waals surface area (Å²) in [6.45, 7) is 1.59. The summed E-state index contributed by atoms with van der Waals surface area (Å²) >= 11 is 0. The molecule has 6 nitrogen and oxygen atoms in total. The maximum Gasteiger partial charge on any atom is 0.315 e. The van der Waals surface area contributed by atoms with E-state index in [1.807, 2.05) is 4.90 Å². The fraction of sp³-hybridized carbons (Fsp3) is 0.550. The van der Waals surface area contributed by atoms with Gasteiger partial charge in [0, 0.05) is 13.1 Å². The highest BCUT2D eigenvalue weighted by Crippen LogP contribution is 2.66. The van der Waals surface area contributed by atoms with Crippen molar-refractivity contribution in [2.24, 2.45) is 5.41 Å². The van der Waals surface area contributed by atoms with Crippen LogP contribution >= 0.6 is 0 Å². The molecule has 5 rings (SSSR count). The molecule has 2 saturated carbocycles. The molecule has 0 radical (unpaired) electrons. The molecule has 1 amide bonds. The predicted molar refractivity (Wildman–Crippen MR) is 97.1 cm³/mol. The first-order chi connectivity index (χ1) is 13.5. The Morgan fingerprint density at radius 1 is 1.11 bits per heavy atom. The molecule has 8 heteroatoms. The van der Waals surface area contributed by atoms with Crippen molar-refractivity contribution in [2.45, 2.75) is 43.4 Å². The molecule has 1 saturated heterocycles. The number of hydrogen-bond donors (Lipinski definition) is 1. The normalized spacial score (nSPS) is 26.9. The molecule has 1 aromatic carbocycles. The highest BCUT2D eigenvalue weighted by molar-refractivity contribution is 5.80. The Kier molecular flexibility index (Phi) is 3.93. The minimum absolute atomic E-state index is 0.00790. The van der Waals surface area contributed by atoms with Crippen LogP contribution in [-0.2, 0) is 4.79 Å². The second-order valence-electron chi connectivity index (χ2n) is 8.22. The molecule has 3 aliphatic rings. The third-order valence-corrected chi connectivity index (χ3v) is 6.44. The van der Waals surface area contributed by atoms with Crippen LogP contribution < -0.4 is 5.32 Å². The van der Waals surface area contributed by atoms with E-state index in [0.717, 1.165) is 25.9 Å². The Labute approximate surface area is 161 Å². The molecule has 1 aliphatic heterocycles. The highest BCUT2D eigenvalue weighted by Gasteiger charge is 2.72. The van der Waals surface area contributed by atoms with Gasteiger partial charge in [0.15, 0.2) is 0 Å². The number of nitrogens with zero attached hydrogens (tertiary/aromatic N) is 3. The molecule has 1 N–H and O–H groups in total. The second-order valence-corrected chi connectivity index (χ2v) is 8.22. The van der Waals surface area contributed by atoms with Crippen molar-refractivity contribution in [1.82, 2.24) is 15.1 Å². The fourth-order valence-electron chi connectivity index (χ4n) is 4.31. The molecule has 1 spiro atoms. The predicted octanol–water partition coefficient (Wildman–Crippen LogP) is 3.40. The molecule has 2 aromatic rings. The number of nitrogens with one attached hydrogen (secondary N) is 1. The maximum absolute atomic E-state index is 14.3. The summed E-state index contributed by atoms with van der Waals surface area (Å²) in [7, 11) is 0. The molecule has 3 fully saturated rings. The van der Waals surface area contributed by atoms with Crippen LogP contribution in [0.2, 0.25) is 0 Å². The lowest BCUT2D eigenvalue weighted by Gasteiger charge is -2.32. The molecule has 1 unspecified atom stereocenters. The lowest BCUT2D eigenvalue weighted by atomic mass is 9.94. The number of rotatable bonds is 5. The number of halogens is 2. The van der Waals surface area contributed by atoms with E-state index in [1.165, 1.54) is 12.8 Å². The Balaban J connectivity index is 1.18. The first-order valence-electron chi connectivity index (χ1n) is 9.76. The number of alkyl halides is 2. The van der Waals surface area contributed by atoms with Gasteiger partial charge in [-0.3, -0.25) is 4.79 Å². The van der Waals surface area contributed by atoms with E-state index in [0.29, 0.717) is 11.0 Å². The number of aromatic nitrogens is 2. The minimum Gasteiger partial charge on any atom is -0.408 e. The van der Waals surface area contributed by atoms with Crippen molar-refractivity contribution >= 4 is 11.9 Å². The lowest BCUT2D eigenvalue weighted by Crippen LogP contribution is -2.41. The Morgan fingerprint density at radius 3 is 2.50 bits per heavy atom. The molecule has 28 heavy (non-hydrogen) atoms. The molecule has 148 valence electrons. The highest BCUT2D eigenvalue weighted by atomic mass is 19.3. The van der Waals surface area contributed by atoms with Gasteiger partial charge in [-0.2, -0.15) is 0 Å². The number of piperidine rings is 1. The van der Waals surface area contributed by atoms with E-state index in [-0.39, 0.29) is 24.4 Å². The van der Waals surface area contributed by atoms with Crippen molar-refractivity contribution in [2.75, 3.05) is 25.0 Å². The summed E-state index contributed by atoms with van der Waals surface area (Å²) in [6.07, 6.45) is 4.71. The van der Waals surface area contributed by atoms with Crippen LogP contribution in [0.3, 0.4) is 0 Å². The van der Waals surface area contributed by atoms with E-state index in [2.05, 4.69) is 15.5 Å². The van der Waals surface area contributed by atoms with E-state index >= 15 is 0 Å². The van der Waals surface area contributed by atoms with Gasteiger partial charge in [0.05, 0.1) is 12.5 Å². The Morgan fingerprint density at radius 2 is 1.82 bits per heavy atom. The zero-order valence-electron chi connectivity index (χ0n) is 15.4. The molecule has 1 aromatic heterocycles.